The van der Waals surface area contributed by atoms with Crippen LogP contribution in [0.3, 0.4) is 0 Å². The van der Waals surface area contributed by atoms with E-state index in [0.717, 1.165) is 73.2 Å². The smallest absolute Gasteiger partial charge is 0.324 e. The lowest BCUT2D eigenvalue weighted by Crippen LogP contribution is -2.44. The second kappa shape index (κ2) is 12.5. The maximum absolute atomic E-state index is 10.7. The molecule has 2 aromatic rings. The summed E-state index contributed by atoms with van der Waals surface area (Å²) < 4.78 is 11.4. The molecular weight excluding hydrogens is 504 g/mol. The van der Waals surface area contributed by atoms with Crippen LogP contribution in [0.5, 0.6) is 5.75 Å². The van der Waals surface area contributed by atoms with Crippen molar-refractivity contribution in [1.29, 1.82) is 0 Å². The van der Waals surface area contributed by atoms with Crippen LogP contribution in [0.25, 0.3) is 0 Å². The van der Waals surface area contributed by atoms with Crippen molar-refractivity contribution in [3.8, 4) is 5.75 Å². The lowest BCUT2D eigenvalue weighted by atomic mass is 9.89. The predicted molar refractivity (Wildman–Crippen MR) is 155 cm³/mol. The van der Waals surface area contributed by atoms with Gasteiger partial charge in [-0.2, -0.15) is 4.98 Å². The Morgan fingerprint density at radius 3 is 2.57 bits per heavy atom. The molecule has 204 valence electrons. The first kappa shape index (κ1) is 28.4. The summed E-state index contributed by atoms with van der Waals surface area (Å²) in [6.45, 7) is 9.18. The van der Waals surface area contributed by atoms with Crippen molar-refractivity contribution >= 4 is 36.1 Å². The highest BCUT2D eigenvalue weighted by Gasteiger charge is 2.54. The van der Waals surface area contributed by atoms with E-state index in [1.165, 1.54) is 13.1 Å². The van der Waals surface area contributed by atoms with E-state index >= 15 is 0 Å². The Morgan fingerprint density at radius 2 is 2.03 bits per heavy atom. The number of carbonyl (C=O) groups excluding carboxylic acids is 1. The van der Waals surface area contributed by atoms with E-state index in [0.29, 0.717) is 30.9 Å². The molecule has 3 fully saturated rings. The van der Waals surface area contributed by atoms with Gasteiger partial charge >= 0.3 is 6.01 Å². The molecule has 1 aromatic heterocycles. The van der Waals surface area contributed by atoms with Crippen molar-refractivity contribution in [3.05, 3.63) is 29.6 Å². The number of carbonyl (C=O) groups is 1. The van der Waals surface area contributed by atoms with Gasteiger partial charge in [0.25, 0.3) is 0 Å². The summed E-state index contributed by atoms with van der Waals surface area (Å²) in [7, 11) is 7.62. The topological polar surface area (TPSA) is 97.7 Å². The lowest BCUT2D eigenvalue weighted by Gasteiger charge is -2.32. The van der Waals surface area contributed by atoms with Crippen LogP contribution in [0.1, 0.15) is 56.8 Å². The number of aldehydes is 1. The summed E-state index contributed by atoms with van der Waals surface area (Å²) in [6, 6.07) is 6.50. The van der Waals surface area contributed by atoms with Gasteiger partial charge in [0.1, 0.15) is 12.0 Å². The highest BCUT2D eigenvalue weighted by molar-refractivity contribution is 7.27. The fraction of sp³-hybridized carbons (Fsp3) is 0.667. The van der Waals surface area contributed by atoms with Gasteiger partial charge in [0.05, 0.1) is 6.61 Å². The summed E-state index contributed by atoms with van der Waals surface area (Å²) in [4.78, 5) is 19.7. The van der Waals surface area contributed by atoms with E-state index in [9.17, 15) is 4.79 Å². The minimum absolute atomic E-state index is 0.108. The maximum Gasteiger partial charge on any atom is 0.324 e. The van der Waals surface area contributed by atoms with Crippen LogP contribution in [0.2, 0.25) is 0 Å². The molecule has 1 aromatic carbocycles. The highest BCUT2D eigenvalue weighted by atomic mass is 31.0. The fourth-order valence-corrected chi connectivity index (χ4v) is 6.50. The number of nitrogens with zero attached hydrogens (tertiary/aromatic N) is 4. The molecule has 3 aliphatic rings. The maximum atomic E-state index is 10.7. The van der Waals surface area contributed by atoms with Crippen molar-refractivity contribution in [3.63, 3.8) is 0 Å². The van der Waals surface area contributed by atoms with Crippen molar-refractivity contribution in [2.24, 2.45) is 17.6 Å². The average molecular weight is 548 g/mol. The zero-order chi connectivity index (χ0) is 26.6. The SMILES string of the molecule is CC(C)c1noc(N2CCC(C3CC3(N)CCOc3ccc(CC=O)c(P)c3)CC2)n1.CN1CC(P)C1. The van der Waals surface area contributed by atoms with Crippen molar-refractivity contribution in [2.75, 3.05) is 44.7 Å². The first-order valence-electron chi connectivity index (χ1n) is 13.4. The van der Waals surface area contributed by atoms with Crippen LogP contribution >= 0.6 is 18.5 Å². The molecule has 1 saturated carbocycles. The monoisotopic (exact) mass is 547 g/mol. The van der Waals surface area contributed by atoms with Crippen LogP contribution in [0, 0.1) is 11.8 Å². The Morgan fingerprint density at radius 1 is 1.30 bits per heavy atom. The molecule has 5 rings (SSSR count). The van der Waals surface area contributed by atoms with Crippen LogP contribution in [0.4, 0.5) is 6.01 Å². The Hall–Kier alpha value is -1.59. The first-order valence-corrected chi connectivity index (χ1v) is 14.7. The van der Waals surface area contributed by atoms with Crippen molar-refractivity contribution < 1.29 is 14.1 Å². The molecule has 2 N–H and O–H groups in total. The van der Waals surface area contributed by atoms with Gasteiger partial charge in [0.15, 0.2) is 5.82 Å². The molecule has 4 unspecified atom stereocenters. The molecule has 4 atom stereocenters. The van der Waals surface area contributed by atoms with Crippen LogP contribution in [0.15, 0.2) is 22.7 Å². The zero-order valence-electron chi connectivity index (χ0n) is 22.4. The third-order valence-corrected chi connectivity index (χ3v) is 8.81. The molecule has 0 amide bonds. The molecular formula is C27H43N5O3P2. The number of rotatable bonds is 9. The number of ether oxygens (including phenoxy) is 1. The Kier molecular flexibility index (Phi) is 9.61. The van der Waals surface area contributed by atoms with E-state index in [2.05, 4.69) is 59.3 Å². The molecule has 10 heteroatoms. The Balaban J connectivity index is 0.000000469. The summed E-state index contributed by atoms with van der Waals surface area (Å²) in [5.74, 6) is 3.09. The minimum atomic E-state index is -0.108. The van der Waals surface area contributed by atoms with E-state index in [1.807, 2.05) is 18.2 Å². The van der Waals surface area contributed by atoms with Gasteiger partial charge in [-0.25, -0.2) is 0 Å². The molecule has 0 radical (unpaired) electrons. The summed E-state index contributed by atoms with van der Waals surface area (Å²) in [5, 5.41) is 5.08. The third-order valence-electron chi connectivity index (χ3n) is 7.85. The normalized spacial score (nSPS) is 24.4. The fourth-order valence-electron chi connectivity index (χ4n) is 5.40. The van der Waals surface area contributed by atoms with Crippen LogP contribution < -0.4 is 20.7 Å². The molecule has 37 heavy (non-hydrogen) atoms. The van der Waals surface area contributed by atoms with Gasteiger partial charge in [0, 0.05) is 44.1 Å². The third kappa shape index (κ3) is 7.50. The summed E-state index contributed by atoms with van der Waals surface area (Å²) >= 11 is 0. The predicted octanol–water partition coefficient (Wildman–Crippen LogP) is 3.01. The average Bonchev–Trinajstić information content (AvgIpc) is 3.27. The van der Waals surface area contributed by atoms with E-state index in [-0.39, 0.29) is 11.5 Å². The number of aromatic nitrogens is 2. The van der Waals surface area contributed by atoms with E-state index in [4.69, 9.17) is 15.0 Å². The molecule has 0 spiro atoms. The van der Waals surface area contributed by atoms with Crippen molar-refractivity contribution in [2.45, 2.75) is 63.1 Å². The molecule has 0 bridgehead atoms. The number of likely N-dealkylation sites (tertiary alicyclic amines) is 1. The molecule has 2 saturated heterocycles. The van der Waals surface area contributed by atoms with Crippen LogP contribution in [-0.4, -0.2) is 72.4 Å². The minimum Gasteiger partial charge on any atom is -0.494 e. The van der Waals surface area contributed by atoms with Crippen molar-refractivity contribution in [1.82, 2.24) is 15.0 Å². The largest absolute Gasteiger partial charge is 0.494 e. The molecule has 8 nitrogen and oxygen atoms in total. The highest BCUT2D eigenvalue weighted by Crippen LogP contribution is 2.51. The number of hydrogen-bond donors (Lipinski definition) is 1. The molecule has 3 heterocycles. The number of benzene rings is 1. The molecule has 2 aliphatic heterocycles. The number of anilines is 1. The van der Waals surface area contributed by atoms with Gasteiger partial charge in [-0.1, -0.05) is 25.1 Å². The van der Waals surface area contributed by atoms with Gasteiger partial charge in [-0.3, -0.25) is 0 Å². The summed E-state index contributed by atoms with van der Waals surface area (Å²) in [5.41, 5.74) is 8.47. The number of nitrogens with two attached hydrogens (primary N) is 1. The molecule has 1 aliphatic carbocycles. The van der Waals surface area contributed by atoms with E-state index in [1.54, 1.807) is 0 Å². The summed E-state index contributed by atoms with van der Waals surface area (Å²) in [6.07, 6.45) is 5.51. The number of hydrogen-bond acceptors (Lipinski definition) is 8. The van der Waals surface area contributed by atoms with Gasteiger partial charge < -0.3 is 29.6 Å². The zero-order valence-corrected chi connectivity index (χ0v) is 24.7. The Labute approximate surface area is 225 Å². The first-order chi connectivity index (χ1) is 17.7. The van der Waals surface area contributed by atoms with Gasteiger partial charge in [-0.05, 0) is 73.2 Å². The second-order valence-electron chi connectivity index (χ2n) is 11.3. The van der Waals surface area contributed by atoms with Crippen LogP contribution in [-0.2, 0) is 11.2 Å². The second-order valence-corrected chi connectivity index (χ2v) is 12.8. The number of piperidine rings is 1. The van der Waals surface area contributed by atoms with Gasteiger partial charge in [-0.15, -0.1) is 18.5 Å². The Bertz CT molecular complexity index is 1030. The standard InChI is InChI=1S/C23H33N4O3P.C4H10NP/c1-15(2)21-25-22(30-26-21)27-9-5-16(6-10-27)19-14-23(19,24)8-12-29-18-4-3-17(7-11-28)20(31)13-18;1-5-2-4(6)3-5/h3-4,11,13,15-16,19H,5-10,12,14,24,31H2,1-2H3;4H,2-3,6H2,1H3. The lowest BCUT2D eigenvalue weighted by molar-refractivity contribution is -0.107. The van der Waals surface area contributed by atoms with Gasteiger partial charge in [0.2, 0.25) is 0 Å². The van der Waals surface area contributed by atoms with E-state index < -0.39 is 0 Å². The quantitative estimate of drug-likeness (QED) is 0.378.